The third-order valence-electron chi connectivity index (χ3n) is 2.37. The molecule has 1 N–H and O–H groups in total. The minimum absolute atomic E-state index is 0.394. The zero-order chi connectivity index (χ0) is 11.3. The van der Waals surface area contributed by atoms with Crippen LogP contribution in [0.15, 0.2) is 6.33 Å². The lowest BCUT2D eigenvalue weighted by Crippen LogP contribution is -2.22. The maximum Gasteiger partial charge on any atom is 0.146 e. The topological polar surface area (TPSA) is 42.7 Å². The second-order valence-corrected chi connectivity index (χ2v) is 5.02. The molecule has 0 unspecified atom stereocenters. The van der Waals surface area contributed by atoms with Gasteiger partial charge in [-0.25, -0.2) is 0 Å². The molecule has 0 aliphatic rings. The van der Waals surface area contributed by atoms with Crippen LogP contribution >= 0.6 is 0 Å². The Balaban J connectivity index is 2.26. The van der Waals surface area contributed by atoms with Gasteiger partial charge in [-0.15, -0.1) is 10.2 Å². The van der Waals surface area contributed by atoms with Gasteiger partial charge in [-0.2, -0.15) is 0 Å². The van der Waals surface area contributed by atoms with Crippen LogP contribution < -0.4 is 5.32 Å². The lowest BCUT2D eigenvalue weighted by atomic mass is 9.92. The van der Waals surface area contributed by atoms with E-state index < -0.39 is 0 Å². The fourth-order valence-electron chi connectivity index (χ4n) is 1.34. The zero-order valence-corrected chi connectivity index (χ0v) is 10.2. The van der Waals surface area contributed by atoms with Crippen molar-refractivity contribution in [2.75, 3.05) is 6.54 Å². The average Bonchev–Trinajstić information content (AvgIpc) is 2.58. The molecule has 0 bridgehead atoms. The summed E-state index contributed by atoms with van der Waals surface area (Å²) in [4.78, 5) is 0. The summed E-state index contributed by atoms with van der Waals surface area (Å²) in [5.74, 6) is 1.02. The van der Waals surface area contributed by atoms with Gasteiger partial charge in [0.25, 0.3) is 0 Å². The number of hydrogen-bond acceptors (Lipinski definition) is 3. The third-order valence-corrected chi connectivity index (χ3v) is 2.37. The van der Waals surface area contributed by atoms with E-state index in [1.54, 1.807) is 6.33 Å². The second-order valence-electron chi connectivity index (χ2n) is 5.02. The molecule has 1 heterocycles. The Morgan fingerprint density at radius 3 is 2.73 bits per heavy atom. The summed E-state index contributed by atoms with van der Waals surface area (Å²) in [6, 6.07) is 0. The standard InChI is InChI=1S/C11H22N4/c1-5-15-9-13-14-10(15)8-12-7-6-11(2,3)4/h9,12H,5-8H2,1-4H3. The van der Waals surface area contributed by atoms with Gasteiger partial charge in [0.05, 0.1) is 6.54 Å². The first-order chi connectivity index (χ1) is 7.03. The van der Waals surface area contributed by atoms with Crippen molar-refractivity contribution in [1.29, 1.82) is 0 Å². The fourth-order valence-corrected chi connectivity index (χ4v) is 1.34. The van der Waals surface area contributed by atoms with Gasteiger partial charge >= 0.3 is 0 Å². The van der Waals surface area contributed by atoms with Gasteiger partial charge < -0.3 is 9.88 Å². The smallest absolute Gasteiger partial charge is 0.146 e. The molecular formula is C11H22N4. The van der Waals surface area contributed by atoms with Gasteiger partial charge in [0.2, 0.25) is 0 Å². The Hall–Kier alpha value is -0.900. The van der Waals surface area contributed by atoms with Gasteiger partial charge in [0.15, 0.2) is 0 Å². The predicted molar refractivity (Wildman–Crippen MR) is 61.5 cm³/mol. The highest BCUT2D eigenvalue weighted by molar-refractivity contribution is 4.84. The molecule has 4 heteroatoms. The van der Waals surface area contributed by atoms with Crippen LogP contribution in [0.4, 0.5) is 0 Å². The highest BCUT2D eigenvalue weighted by Gasteiger charge is 2.09. The van der Waals surface area contributed by atoms with E-state index in [0.29, 0.717) is 5.41 Å². The summed E-state index contributed by atoms with van der Waals surface area (Å²) < 4.78 is 2.06. The number of hydrogen-bond donors (Lipinski definition) is 1. The van der Waals surface area contributed by atoms with E-state index in [4.69, 9.17) is 0 Å². The van der Waals surface area contributed by atoms with Crippen molar-refractivity contribution >= 4 is 0 Å². The summed E-state index contributed by atoms with van der Waals surface area (Å²) in [5.41, 5.74) is 0.394. The van der Waals surface area contributed by atoms with E-state index in [0.717, 1.165) is 25.5 Å². The molecule has 4 nitrogen and oxygen atoms in total. The first-order valence-corrected chi connectivity index (χ1v) is 5.60. The predicted octanol–water partition coefficient (Wildman–Crippen LogP) is 1.82. The summed E-state index contributed by atoms with van der Waals surface area (Å²) >= 11 is 0. The molecular weight excluding hydrogens is 188 g/mol. The van der Waals surface area contributed by atoms with E-state index in [-0.39, 0.29) is 0 Å². The van der Waals surface area contributed by atoms with E-state index >= 15 is 0 Å². The SMILES string of the molecule is CCn1cnnc1CNCCC(C)(C)C. The summed E-state index contributed by atoms with van der Waals surface area (Å²) in [6.07, 6.45) is 2.95. The molecule has 1 rings (SSSR count). The normalized spacial score (nSPS) is 12.0. The maximum absolute atomic E-state index is 4.07. The lowest BCUT2D eigenvalue weighted by molar-refractivity contribution is 0.365. The van der Waals surface area contributed by atoms with Crippen LogP contribution in [0.5, 0.6) is 0 Å². The van der Waals surface area contributed by atoms with Crippen molar-refractivity contribution in [2.24, 2.45) is 5.41 Å². The molecule has 0 radical (unpaired) electrons. The highest BCUT2D eigenvalue weighted by atomic mass is 15.3. The second kappa shape index (κ2) is 5.26. The molecule has 0 amide bonds. The number of nitrogens with one attached hydrogen (secondary N) is 1. The van der Waals surface area contributed by atoms with Gasteiger partial charge in [-0.05, 0) is 25.3 Å². The van der Waals surface area contributed by atoms with Crippen molar-refractivity contribution in [3.8, 4) is 0 Å². The van der Waals surface area contributed by atoms with Gasteiger partial charge in [0, 0.05) is 6.54 Å². The fraction of sp³-hybridized carbons (Fsp3) is 0.818. The molecule has 0 atom stereocenters. The minimum atomic E-state index is 0.394. The molecule has 0 spiro atoms. The van der Waals surface area contributed by atoms with Gasteiger partial charge in [-0.1, -0.05) is 20.8 Å². The van der Waals surface area contributed by atoms with E-state index in [9.17, 15) is 0 Å². The van der Waals surface area contributed by atoms with Crippen LogP contribution in [0.25, 0.3) is 0 Å². The van der Waals surface area contributed by atoms with Gasteiger partial charge in [-0.3, -0.25) is 0 Å². The molecule has 0 saturated heterocycles. The maximum atomic E-state index is 4.07. The Morgan fingerprint density at radius 1 is 1.40 bits per heavy atom. The molecule has 0 saturated carbocycles. The third kappa shape index (κ3) is 4.42. The lowest BCUT2D eigenvalue weighted by Gasteiger charge is -2.17. The zero-order valence-electron chi connectivity index (χ0n) is 10.2. The Morgan fingerprint density at radius 2 is 2.13 bits per heavy atom. The monoisotopic (exact) mass is 210 g/mol. The number of aryl methyl sites for hydroxylation is 1. The van der Waals surface area contributed by atoms with Crippen LogP contribution in [0.2, 0.25) is 0 Å². The highest BCUT2D eigenvalue weighted by Crippen LogP contribution is 2.16. The summed E-state index contributed by atoms with van der Waals surface area (Å²) in [7, 11) is 0. The molecule has 0 aliphatic heterocycles. The number of aromatic nitrogens is 3. The summed E-state index contributed by atoms with van der Waals surface area (Å²) in [5, 5.41) is 11.4. The van der Waals surface area contributed by atoms with Crippen molar-refractivity contribution in [3.63, 3.8) is 0 Å². The molecule has 0 aromatic carbocycles. The largest absolute Gasteiger partial charge is 0.317 e. The Kier molecular flexibility index (Phi) is 4.27. The number of rotatable bonds is 5. The summed E-state index contributed by atoms with van der Waals surface area (Å²) in [6.45, 7) is 11.6. The molecule has 1 aromatic rings. The van der Waals surface area contributed by atoms with Crippen molar-refractivity contribution in [3.05, 3.63) is 12.2 Å². The van der Waals surface area contributed by atoms with Crippen LogP contribution in [-0.2, 0) is 13.1 Å². The van der Waals surface area contributed by atoms with Crippen LogP contribution in [0.3, 0.4) is 0 Å². The Labute approximate surface area is 92.1 Å². The Bertz CT molecular complexity index is 285. The van der Waals surface area contributed by atoms with Crippen molar-refractivity contribution in [2.45, 2.75) is 47.2 Å². The van der Waals surface area contributed by atoms with E-state index in [1.807, 2.05) is 0 Å². The number of nitrogens with zero attached hydrogens (tertiary/aromatic N) is 3. The average molecular weight is 210 g/mol. The molecule has 15 heavy (non-hydrogen) atoms. The minimum Gasteiger partial charge on any atom is -0.317 e. The van der Waals surface area contributed by atoms with E-state index in [1.165, 1.54) is 6.42 Å². The van der Waals surface area contributed by atoms with Crippen molar-refractivity contribution in [1.82, 2.24) is 20.1 Å². The molecule has 0 aliphatic carbocycles. The van der Waals surface area contributed by atoms with Crippen LogP contribution in [0.1, 0.15) is 39.9 Å². The molecule has 0 fully saturated rings. The molecule has 86 valence electrons. The first kappa shape index (κ1) is 12.2. The quantitative estimate of drug-likeness (QED) is 0.754. The van der Waals surface area contributed by atoms with Crippen LogP contribution in [-0.4, -0.2) is 21.3 Å². The molecule has 1 aromatic heterocycles. The van der Waals surface area contributed by atoms with Gasteiger partial charge in [0.1, 0.15) is 12.2 Å². The van der Waals surface area contributed by atoms with Crippen LogP contribution in [0, 0.1) is 5.41 Å². The van der Waals surface area contributed by atoms with Crippen molar-refractivity contribution < 1.29 is 0 Å². The first-order valence-electron chi connectivity index (χ1n) is 5.60. The van der Waals surface area contributed by atoms with E-state index in [2.05, 4.69) is 47.8 Å².